The second-order valence-corrected chi connectivity index (χ2v) is 5.61. The number of amides is 1. The molecule has 2 heterocycles. The van der Waals surface area contributed by atoms with E-state index in [1.165, 1.54) is 6.20 Å². The number of nitrogens with zero attached hydrogens (tertiary/aromatic N) is 2. The first-order chi connectivity index (χ1) is 11.6. The molecule has 1 saturated heterocycles. The Morgan fingerprint density at radius 2 is 2.00 bits per heavy atom. The molecule has 3 rings (SSSR count). The van der Waals surface area contributed by atoms with Crippen LogP contribution in [0.15, 0.2) is 48.8 Å². The van der Waals surface area contributed by atoms with Gasteiger partial charge in [0.1, 0.15) is 5.75 Å². The Labute approximate surface area is 140 Å². The zero-order chi connectivity index (χ0) is 17.1. The number of pyridine rings is 1. The third-order valence-corrected chi connectivity index (χ3v) is 4.18. The number of likely N-dealkylation sites (N-methyl/N-ethyl adjacent to an activating group) is 1. The molecule has 6 nitrogen and oxygen atoms in total. The lowest BCUT2D eigenvalue weighted by Crippen LogP contribution is -2.30. The van der Waals surface area contributed by atoms with E-state index in [0.29, 0.717) is 12.0 Å². The lowest BCUT2D eigenvalue weighted by Gasteiger charge is -2.19. The van der Waals surface area contributed by atoms with Gasteiger partial charge in [-0.15, -0.1) is 0 Å². The van der Waals surface area contributed by atoms with Crippen molar-refractivity contribution < 1.29 is 19.1 Å². The fourth-order valence-corrected chi connectivity index (χ4v) is 2.81. The second-order valence-electron chi connectivity index (χ2n) is 5.61. The fourth-order valence-electron chi connectivity index (χ4n) is 2.81. The second kappa shape index (κ2) is 6.70. The van der Waals surface area contributed by atoms with Crippen LogP contribution in [0.25, 0.3) is 0 Å². The third kappa shape index (κ3) is 3.08. The van der Waals surface area contributed by atoms with Gasteiger partial charge in [0.15, 0.2) is 6.10 Å². The molecule has 1 aliphatic heterocycles. The highest BCUT2D eigenvalue weighted by molar-refractivity contribution is 5.92. The number of carbonyl (C=O) groups is 2. The first-order valence-corrected chi connectivity index (χ1v) is 7.62. The van der Waals surface area contributed by atoms with Gasteiger partial charge < -0.3 is 14.4 Å². The van der Waals surface area contributed by atoms with Gasteiger partial charge in [0.2, 0.25) is 0 Å². The summed E-state index contributed by atoms with van der Waals surface area (Å²) in [4.78, 5) is 30.0. The van der Waals surface area contributed by atoms with E-state index in [1.54, 1.807) is 37.4 Å². The summed E-state index contributed by atoms with van der Waals surface area (Å²) in [6.07, 6.45) is 2.64. The average Bonchev–Trinajstić information content (AvgIpc) is 2.91. The molecule has 0 saturated carbocycles. The van der Waals surface area contributed by atoms with Gasteiger partial charge in [0.25, 0.3) is 5.91 Å². The number of likely N-dealkylation sites (tertiary alicyclic amines) is 1. The van der Waals surface area contributed by atoms with Crippen molar-refractivity contribution in [3.63, 3.8) is 0 Å². The highest BCUT2D eigenvalue weighted by Crippen LogP contribution is 2.34. The molecule has 1 fully saturated rings. The fraction of sp³-hybridized carbons (Fsp3) is 0.278. The molecule has 1 aliphatic rings. The molecule has 0 unspecified atom stereocenters. The number of ether oxygens (including phenoxy) is 2. The summed E-state index contributed by atoms with van der Waals surface area (Å²) >= 11 is 0. The van der Waals surface area contributed by atoms with Gasteiger partial charge in [-0.3, -0.25) is 9.78 Å². The molecule has 1 aromatic heterocycles. The Balaban J connectivity index is 1.72. The van der Waals surface area contributed by atoms with Crippen molar-refractivity contribution in [3.8, 4) is 5.75 Å². The molecule has 124 valence electrons. The number of methoxy groups -OCH3 is 1. The van der Waals surface area contributed by atoms with Crippen LogP contribution in [0.2, 0.25) is 0 Å². The topological polar surface area (TPSA) is 68.7 Å². The standard InChI is InChI=1S/C18H18N2O4/c1-20-15(12-5-7-14(23-2)8-6-12)10-16(17(20)21)24-18(22)13-4-3-9-19-11-13/h3-9,11,15-16H,10H2,1-2H3/t15-,16-/m0/s1. The number of aromatic nitrogens is 1. The molecule has 2 atom stereocenters. The molecular formula is C18H18N2O4. The van der Waals surface area contributed by atoms with Crippen LogP contribution in [0, 0.1) is 0 Å². The van der Waals surface area contributed by atoms with Crippen LogP contribution in [0.5, 0.6) is 5.75 Å². The van der Waals surface area contributed by atoms with Crippen LogP contribution in [-0.2, 0) is 9.53 Å². The Bertz CT molecular complexity index is 730. The quantitative estimate of drug-likeness (QED) is 0.806. The Kier molecular flexibility index (Phi) is 4.46. The molecule has 0 radical (unpaired) electrons. The van der Waals surface area contributed by atoms with Crippen LogP contribution < -0.4 is 4.74 Å². The van der Waals surface area contributed by atoms with Gasteiger partial charge in [-0.2, -0.15) is 0 Å². The van der Waals surface area contributed by atoms with Crippen molar-refractivity contribution in [1.29, 1.82) is 0 Å². The van der Waals surface area contributed by atoms with Gasteiger partial charge >= 0.3 is 5.97 Å². The van der Waals surface area contributed by atoms with Crippen LogP contribution in [-0.4, -0.2) is 42.0 Å². The molecule has 0 aliphatic carbocycles. The van der Waals surface area contributed by atoms with E-state index in [0.717, 1.165) is 11.3 Å². The highest BCUT2D eigenvalue weighted by atomic mass is 16.5. The Morgan fingerprint density at radius 1 is 1.25 bits per heavy atom. The lowest BCUT2D eigenvalue weighted by atomic mass is 10.0. The van der Waals surface area contributed by atoms with Crippen LogP contribution in [0.4, 0.5) is 0 Å². The van der Waals surface area contributed by atoms with Gasteiger partial charge in [-0.05, 0) is 29.8 Å². The van der Waals surface area contributed by atoms with Crippen LogP contribution in [0.3, 0.4) is 0 Å². The first-order valence-electron chi connectivity index (χ1n) is 7.62. The summed E-state index contributed by atoms with van der Waals surface area (Å²) in [5.41, 5.74) is 1.31. The van der Waals surface area contributed by atoms with Gasteiger partial charge in [0, 0.05) is 25.9 Å². The smallest absolute Gasteiger partial charge is 0.340 e. The van der Waals surface area contributed by atoms with Crippen molar-refractivity contribution in [2.45, 2.75) is 18.6 Å². The van der Waals surface area contributed by atoms with Crippen molar-refractivity contribution in [2.75, 3.05) is 14.2 Å². The molecular weight excluding hydrogens is 308 g/mol. The van der Waals surface area contributed by atoms with Crippen molar-refractivity contribution >= 4 is 11.9 Å². The maximum Gasteiger partial charge on any atom is 0.340 e. The number of benzene rings is 1. The average molecular weight is 326 g/mol. The maximum absolute atomic E-state index is 12.4. The molecule has 6 heteroatoms. The van der Waals surface area contributed by atoms with Crippen molar-refractivity contribution in [1.82, 2.24) is 9.88 Å². The van der Waals surface area contributed by atoms with Gasteiger partial charge in [-0.1, -0.05) is 12.1 Å². The van der Waals surface area contributed by atoms with E-state index >= 15 is 0 Å². The molecule has 0 bridgehead atoms. The van der Waals surface area contributed by atoms with E-state index in [-0.39, 0.29) is 11.9 Å². The molecule has 1 amide bonds. The monoisotopic (exact) mass is 326 g/mol. The number of hydrogen-bond acceptors (Lipinski definition) is 5. The zero-order valence-electron chi connectivity index (χ0n) is 13.5. The third-order valence-electron chi connectivity index (χ3n) is 4.18. The van der Waals surface area contributed by atoms with E-state index in [9.17, 15) is 9.59 Å². The zero-order valence-corrected chi connectivity index (χ0v) is 13.5. The van der Waals surface area contributed by atoms with Gasteiger partial charge in [0.05, 0.1) is 18.7 Å². The highest BCUT2D eigenvalue weighted by Gasteiger charge is 2.40. The Morgan fingerprint density at radius 3 is 2.62 bits per heavy atom. The number of rotatable bonds is 4. The minimum atomic E-state index is -0.783. The Hall–Kier alpha value is -2.89. The number of hydrogen-bond donors (Lipinski definition) is 0. The van der Waals surface area contributed by atoms with E-state index < -0.39 is 12.1 Å². The number of esters is 1. The largest absolute Gasteiger partial charge is 0.497 e. The van der Waals surface area contributed by atoms with Crippen molar-refractivity contribution in [3.05, 3.63) is 59.9 Å². The normalized spacial score (nSPS) is 20.1. The maximum atomic E-state index is 12.4. The molecule has 2 aromatic rings. The minimum absolute atomic E-state index is 0.130. The van der Waals surface area contributed by atoms with E-state index in [2.05, 4.69) is 4.98 Å². The minimum Gasteiger partial charge on any atom is -0.497 e. The number of carbonyl (C=O) groups excluding carboxylic acids is 2. The van der Waals surface area contributed by atoms with Gasteiger partial charge in [-0.25, -0.2) is 4.79 Å². The molecule has 0 N–H and O–H groups in total. The summed E-state index contributed by atoms with van der Waals surface area (Å²) in [6, 6.07) is 10.7. The first kappa shape index (κ1) is 16.0. The summed E-state index contributed by atoms with van der Waals surface area (Å²) in [6.45, 7) is 0. The molecule has 0 spiro atoms. The van der Waals surface area contributed by atoms with Crippen LogP contribution >= 0.6 is 0 Å². The van der Waals surface area contributed by atoms with Crippen LogP contribution in [0.1, 0.15) is 28.4 Å². The molecule has 1 aromatic carbocycles. The summed E-state index contributed by atoms with van der Waals surface area (Å²) in [7, 11) is 3.32. The molecule has 24 heavy (non-hydrogen) atoms. The van der Waals surface area contributed by atoms with E-state index in [4.69, 9.17) is 9.47 Å². The predicted molar refractivity (Wildman–Crippen MR) is 86.6 cm³/mol. The van der Waals surface area contributed by atoms with Crippen molar-refractivity contribution in [2.24, 2.45) is 0 Å². The summed E-state index contributed by atoms with van der Waals surface area (Å²) in [5, 5.41) is 0. The summed E-state index contributed by atoms with van der Waals surface area (Å²) < 4.78 is 10.5. The summed E-state index contributed by atoms with van der Waals surface area (Å²) in [5.74, 6) is 0.0172. The SMILES string of the molecule is COc1ccc([C@@H]2C[C@H](OC(=O)c3cccnc3)C(=O)N2C)cc1. The predicted octanol–water partition coefficient (Wildman–Crippen LogP) is 2.22. The lowest BCUT2D eigenvalue weighted by molar-refractivity contribution is -0.134. The van der Waals surface area contributed by atoms with E-state index in [1.807, 2.05) is 24.3 Å².